The fourth-order valence-electron chi connectivity index (χ4n) is 3.18. The Bertz CT molecular complexity index is 708. The Labute approximate surface area is 150 Å². The summed E-state index contributed by atoms with van der Waals surface area (Å²) in [6.07, 6.45) is 1.66. The third kappa shape index (κ3) is 4.21. The van der Waals surface area contributed by atoms with Gasteiger partial charge in [0, 0.05) is 38.1 Å². The number of anilines is 1. The Kier molecular flexibility index (Phi) is 5.87. The highest BCUT2D eigenvalue weighted by Gasteiger charge is 2.35. The van der Waals surface area contributed by atoms with Gasteiger partial charge in [-0.1, -0.05) is 0 Å². The Morgan fingerprint density at radius 1 is 1.54 bits per heavy atom. The summed E-state index contributed by atoms with van der Waals surface area (Å²) in [6, 6.07) is 0. The standard InChI is InChI=1S/C16H24N4O6/c1-9(22)17-4-2-3-11-5-10-7-20(16(24)18-15(10)19-26-11)14-6-12(23)13(8-21)25-14/h7,11-14,21,23H,2-6,8H2,1H3,(H,17,22)(H,18,19,24). The molecule has 3 heterocycles. The highest BCUT2D eigenvalue weighted by atomic mass is 16.7. The molecular weight excluding hydrogens is 344 g/mol. The molecule has 1 amide bonds. The van der Waals surface area contributed by atoms with E-state index in [2.05, 4.69) is 15.8 Å². The minimum atomic E-state index is -0.823. The van der Waals surface area contributed by atoms with Crippen LogP contribution < -0.4 is 16.5 Å². The van der Waals surface area contributed by atoms with Crippen LogP contribution in [-0.4, -0.2) is 57.1 Å². The number of rotatable bonds is 6. The molecule has 1 aromatic rings. The molecule has 1 aromatic heterocycles. The molecule has 2 aliphatic rings. The maximum absolute atomic E-state index is 12.2. The molecule has 3 rings (SSSR count). The van der Waals surface area contributed by atoms with Crippen molar-refractivity contribution in [1.82, 2.24) is 14.9 Å². The average Bonchev–Trinajstić information content (AvgIpc) is 2.98. The summed E-state index contributed by atoms with van der Waals surface area (Å²) < 4.78 is 6.89. The molecule has 4 atom stereocenters. The van der Waals surface area contributed by atoms with Crippen LogP contribution in [0.5, 0.6) is 0 Å². The van der Waals surface area contributed by atoms with Crippen LogP contribution in [0, 0.1) is 0 Å². The third-order valence-corrected chi connectivity index (χ3v) is 4.57. The van der Waals surface area contributed by atoms with Gasteiger partial charge in [-0.25, -0.2) is 10.3 Å². The van der Waals surface area contributed by atoms with Gasteiger partial charge in [-0.15, -0.1) is 0 Å². The Balaban J connectivity index is 1.66. The van der Waals surface area contributed by atoms with Gasteiger partial charge in [-0.05, 0) is 12.8 Å². The monoisotopic (exact) mass is 368 g/mol. The molecular formula is C16H24N4O6. The number of carbonyl (C=O) groups excluding carboxylic acids is 1. The lowest BCUT2D eigenvalue weighted by molar-refractivity contribution is -0.119. The molecule has 0 spiro atoms. The topological polar surface area (TPSA) is 135 Å². The van der Waals surface area contributed by atoms with Crippen molar-refractivity contribution in [3.63, 3.8) is 0 Å². The van der Waals surface area contributed by atoms with E-state index in [9.17, 15) is 19.8 Å². The van der Waals surface area contributed by atoms with Crippen LogP contribution >= 0.6 is 0 Å². The fourth-order valence-corrected chi connectivity index (χ4v) is 3.18. The van der Waals surface area contributed by atoms with Gasteiger partial charge in [0.05, 0.1) is 18.8 Å². The summed E-state index contributed by atoms with van der Waals surface area (Å²) in [6.45, 7) is 1.75. The number of amides is 1. The zero-order valence-corrected chi connectivity index (χ0v) is 14.6. The van der Waals surface area contributed by atoms with Crippen molar-refractivity contribution < 1.29 is 24.6 Å². The molecule has 0 bridgehead atoms. The van der Waals surface area contributed by atoms with Crippen molar-refractivity contribution in [2.24, 2.45) is 0 Å². The van der Waals surface area contributed by atoms with Gasteiger partial charge in [0.15, 0.2) is 5.82 Å². The van der Waals surface area contributed by atoms with E-state index in [1.807, 2.05) is 0 Å². The lowest BCUT2D eigenvalue weighted by Crippen LogP contribution is -2.34. The van der Waals surface area contributed by atoms with E-state index >= 15 is 0 Å². The van der Waals surface area contributed by atoms with Crippen molar-refractivity contribution in [2.45, 2.75) is 57.1 Å². The Morgan fingerprint density at radius 3 is 3.04 bits per heavy atom. The van der Waals surface area contributed by atoms with Crippen molar-refractivity contribution >= 4 is 11.7 Å². The molecule has 4 N–H and O–H groups in total. The zero-order valence-electron chi connectivity index (χ0n) is 14.6. The maximum atomic E-state index is 12.2. The highest BCUT2D eigenvalue weighted by Crippen LogP contribution is 2.29. The minimum absolute atomic E-state index is 0.0637. The zero-order chi connectivity index (χ0) is 18.7. The predicted molar refractivity (Wildman–Crippen MR) is 90.2 cm³/mol. The summed E-state index contributed by atoms with van der Waals surface area (Å²) in [5.74, 6) is 0.313. The smallest absolute Gasteiger partial charge is 0.351 e. The average molecular weight is 368 g/mol. The lowest BCUT2D eigenvalue weighted by atomic mass is 10.0. The number of aliphatic hydroxyl groups excluding tert-OH is 2. The lowest BCUT2D eigenvalue weighted by Gasteiger charge is -2.26. The van der Waals surface area contributed by atoms with E-state index in [4.69, 9.17) is 9.57 Å². The summed E-state index contributed by atoms with van der Waals surface area (Å²) in [5, 5.41) is 21.8. The van der Waals surface area contributed by atoms with Gasteiger partial charge in [0.2, 0.25) is 5.91 Å². The number of ether oxygens (including phenoxy) is 1. The van der Waals surface area contributed by atoms with E-state index in [0.29, 0.717) is 18.8 Å². The van der Waals surface area contributed by atoms with Gasteiger partial charge < -0.3 is 20.3 Å². The summed E-state index contributed by atoms with van der Waals surface area (Å²) in [5.41, 5.74) is 3.00. The van der Waals surface area contributed by atoms with Crippen LogP contribution in [0.4, 0.5) is 5.82 Å². The first kappa shape index (κ1) is 18.8. The molecule has 0 saturated carbocycles. The molecule has 0 aromatic carbocycles. The van der Waals surface area contributed by atoms with Crippen LogP contribution in [0.2, 0.25) is 0 Å². The van der Waals surface area contributed by atoms with Crippen molar-refractivity contribution in [3.8, 4) is 0 Å². The third-order valence-electron chi connectivity index (χ3n) is 4.57. The van der Waals surface area contributed by atoms with E-state index in [-0.39, 0.29) is 25.0 Å². The number of aromatic nitrogens is 2. The number of hydrogen-bond donors (Lipinski definition) is 4. The predicted octanol–water partition coefficient (Wildman–Crippen LogP) is -0.931. The summed E-state index contributed by atoms with van der Waals surface area (Å²) in [4.78, 5) is 32.6. The molecule has 4 unspecified atom stereocenters. The summed E-state index contributed by atoms with van der Waals surface area (Å²) in [7, 11) is 0. The molecule has 1 saturated heterocycles. The number of hydrogen-bond acceptors (Lipinski definition) is 8. The second kappa shape index (κ2) is 8.12. The van der Waals surface area contributed by atoms with E-state index < -0.39 is 24.1 Å². The maximum Gasteiger partial charge on any atom is 0.351 e. The normalized spacial score (nSPS) is 27.7. The van der Waals surface area contributed by atoms with Crippen LogP contribution in [0.3, 0.4) is 0 Å². The van der Waals surface area contributed by atoms with Gasteiger partial charge in [0.1, 0.15) is 12.3 Å². The van der Waals surface area contributed by atoms with Crippen LogP contribution in [0.1, 0.15) is 38.0 Å². The Morgan fingerprint density at radius 2 is 2.35 bits per heavy atom. The molecule has 0 aliphatic carbocycles. The number of nitrogens with one attached hydrogen (secondary N) is 2. The SMILES string of the molecule is CC(=O)NCCCC1Cc2cn(C3CC(O)C(CO)O3)c(=O)nc2NO1. The van der Waals surface area contributed by atoms with Crippen LogP contribution in [0.15, 0.2) is 11.0 Å². The van der Waals surface area contributed by atoms with E-state index in [1.54, 1.807) is 6.20 Å². The molecule has 10 nitrogen and oxygen atoms in total. The first-order valence-electron chi connectivity index (χ1n) is 8.70. The molecule has 2 aliphatic heterocycles. The molecule has 10 heteroatoms. The molecule has 0 radical (unpaired) electrons. The Hall–Kier alpha value is -2.01. The number of nitrogens with zero attached hydrogens (tertiary/aromatic N) is 2. The first-order chi connectivity index (χ1) is 12.5. The van der Waals surface area contributed by atoms with Crippen molar-refractivity contribution in [2.75, 3.05) is 18.6 Å². The molecule has 144 valence electrons. The van der Waals surface area contributed by atoms with Crippen molar-refractivity contribution in [3.05, 3.63) is 22.2 Å². The molecule has 26 heavy (non-hydrogen) atoms. The van der Waals surface area contributed by atoms with Gasteiger partial charge >= 0.3 is 5.69 Å². The molecule has 1 fully saturated rings. The van der Waals surface area contributed by atoms with E-state index in [1.165, 1.54) is 11.5 Å². The fraction of sp³-hybridized carbons (Fsp3) is 0.688. The minimum Gasteiger partial charge on any atom is -0.394 e. The number of aliphatic hydroxyl groups is 2. The second-order valence-electron chi connectivity index (χ2n) is 6.59. The highest BCUT2D eigenvalue weighted by molar-refractivity contribution is 5.72. The van der Waals surface area contributed by atoms with Gasteiger partial charge in [-0.2, -0.15) is 4.98 Å². The first-order valence-corrected chi connectivity index (χ1v) is 8.70. The quantitative estimate of drug-likeness (QED) is 0.473. The van der Waals surface area contributed by atoms with E-state index in [0.717, 1.165) is 18.4 Å². The van der Waals surface area contributed by atoms with Crippen LogP contribution in [-0.2, 0) is 20.8 Å². The number of carbonyl (C=O) groups is 1. The second-order valence-corrected chi connectivity index (χ2v) is 6.59. The van der Waals surface area contributed by atoms with Gasteiger partial charge in [0.25, 0.3) is 0 Å². The summed E-state index contributed by atoms with van der Waals surface area (Å²) >= 11 is 0. The number of fused-ring (bicyclic) bond motifs is 1. The largest absolute Gasteiger partial charge is 0.394 e. The van der Waals surface area contributed by atoms with Crippen molar-refractivity contribution in [1.29, 1.82) is 0 Å². The van der Waals surface area contributed by atoms with Crippen LogP contribution in [0.25, 0.3) is 0 Å². The van der Waals surface area contributed by atoms with Gasteiger partial charge in [-0.3, -0.25) is 14.2 Å².